The van der Waals surface area contributed by atoms with Crippen molar-refractivity contribution in [3.8, 4) is 28.2 Å². The van der Waals surface area contributed by atoms with Crippen LogP contribution in [0.1, 0.15) is 115 Å². The van der Waals surface area contributed by atoms with Crippen LogP contribution in [0.25, 0.3) is 33.4 Å². The van der Waals surface area contributed by atoms with Crippen molar-refractivity contribution in [3.63, 3.8) is 0 Å². The number of hydrogen-bond donors (Lipinski definition) is 21. The molecule has 2 aromatic rings. The lowest BCUT2D eigenvalue weighted by Gasteiger charge is -2.25. The number of aliphatic hydroxyl groups is 2. The second-order valence-electron chi connectivity index (χ2n) is 25.0. The highest BCUT2D eigenvalue weighted by molar-refractivity contribution is 6.10. The molecule has 0 radical (unpaired) electrons. The zero-order valence-electron chi connectivity index (χ0n) is 59.8. The Labute approximate surface area is 613 Å². The van der Waals surface area contributed by atoms with Crippen LogP contribution in [0.15, 0.2) is 63.8 Å². The van der Waals surface area contributed by atoms with Crippen LogP contribution in [0.3, 0.4) is 0 Å². The fourth-order valence-corrected chi connectivity index (χ4v) is 10.1. The number of aliphatic carboxylic acids is 2. The van der Waals surface area contributed by atoms with Crippen LogP contribution in [0.4, 0.5) is 0 Å². The number of primary amides is 1. The van der Waals surface area contributed by atoms with Crippen LogP contribution >= 0.6 is 0 Å². The number of hydrogen-bond acceptors (Lipinski definition) is 23. The summed E-state index contributed by atoms with van der Waals surface area (Å²) < 4.78 is 5.90. The van der Waals surface area contributed by atoms with E-state index in [0.29, 0.717) is 10.9 Å². The van der Waals surface area contributed by atoms with Gasteiger partial charge in [-0.3, -0.25) is 86.3 Å². The fraction of sp³-hybridized carbons (Fsp3) is 0.448. The minimum Gasteiger partial charge on any atom is -0.508 e. The van der Waals surface area contributed by atoms with Crippen LogP contribution in [-0.2, 0) is 76.7 Å². The molecule has 108 heavy (non-hydrogen) atoms. The minimum absolute atomic E-state index is 0.0205. The summed E-state index contributed by atoms with van der Waals surface area (Å²) >= 11 is 0. The fourth-order valence-electron chi connectivity index (χ4n) is 10.1. The van der Waals surface area contributed by atoms with Gasteiger partial charge in [0.2, 0.25) is 82.7 Å². The molecule has 0 unspecified atom stereocenters. The number of nitrogens with two attached hydrogens (primary N) is 1. The van der Waals surface area contributed by atoms with Crippen LogP contribution in [-0.4, -0.2) is 235 Å². The van der Waals surface area contributed by atoms with Gasteiger partial charge in [0.1, 0.15) is 83.6 Å². The van der Waals surface area contributed by atoms with E-state index in [1.54, 1.807) is 0 Å². The molecule has 586 valence electrons. The van der Waals surface area contributed by atoms with Crippen molar-refractivity contribution in [3.05, 3.63) is 75.9 Å². The maximum atomic E-state index is 14.1. The average molecular weight is 1520 g/mol. The van der Waals surface area contributed by atoms with Gasteiger partial charge in [-0.15, -0.1) is 0 Å². The van der Waals surface area contributed by atoms with Crippen LogP contribution < -0.4 is 85.6 Å². The van der Waals surface area contributed by atoms with Gasteiger partial charge < -0.3 is 115 Å². The van der Waals surface area contributed by atoms with Crippen molar-refractivity contribution >= 4 is 117 Å². The molecule has 41 nitrogen and oxygen atoms in total. The number of fused-ring (bicyclic) bond motifs is 2. The van der Waals surface area contributed by atoms with E-state index in [1.165, 1.54) is 89.2 Å². The van der Waals surface area contributed by atoms with Crippen molar-refractivity contribution in [1.82, 2.24) is 74.4 Å². The van der Waals surface area contributed by atoms with Gasteiger partial charge in [0.25, 0.3) is 5.91 Å². The third-order valence-corrected chi connectivity index (χ3v) is 15.9. The van der Waals surface area contributed by atoms with Gasteiger partial charge in [-0.25, -0.2) is 4.79 Å². The van der Waals surface area contributed by atoms with Gasteiger partial charge in [-0.2, -0.15) is 0 Å². The summed E-state index contributed by atoms with van der Waals surface area (Å²) in [6.07, 6.45) is -5.06. The molecule has 1 aliphatic heterocycles. The number of carbonyl (C=O) groups excluding carboxylic acids is 15. The topological polar surface area (TPSA) is 653 Å². The van der Waals surface area contributed by atoms with Crippen LogP contribution in [0, 0.1) is 0 Å². The minimum atomic E-state index is -1.84. The Kier molecular flexibility index (Phi) is 32.9. The number of phenolic OH excluding ortho intramolecular Hbond substituents is 1. The molecular formula is C67H87N15O26. The summed E-state index contributed by atoms with van der Waals surface area (Å²) in [7, 11) is 0. The first-order valence-corrected chi connectivity index (χ1v) is 33.3. The standard InChI is InChI=1S/C67H87N15O26/c1-27(73-59(98)30(4)77-64(103)45(24-51(92)93)80-49(89)26-70-65(104)53(33(7)83)78-35(9)85)56(95)74-31(5)60(99)81-43(12-10-11-19-69-62(101)36-13-16-39(67(106)107)42(20-36)52-40-17-14-37(86)21-46(40)108-47-22-38(87)15-18-41(47)52)63(102)76-29(3)58(97)72-28(2)57(96)75-32(6)61(100)82-54(34(8)84)66(105)71-25-48(88)79-44(55(68)94)23-50(90)91/h13-18,20-22,27-34,43-45,53-54,83-84,86H,10-12,19,23-26H2,1-9H3,(H2,68,94)(H,69,101)(H,70,104)(H,71,105)(H,72,97)(H,73,98)(H,74,95)(H,75,96)(H,76,102)(H,77,103)(H,78,85)(H,79,88)(H,80,89)(H,81,99)(H,82,100)(H,90,91)(H,92,93)(H,106,107)/t27-,28-,29-,30-,31-,32-,33+,34+,43-,44-,45-,53-,54-/m1/s1. The molecule has 4 rings (SSSR count). The normalized spacial score (nSPS) is 14.6. The predicted molar refractivity (Wildman–Crippen MR) is 373 cm³/mol. The maximum absolute atomic E-state index is 14.1. The summed E-state index contributed by atoms with van der Waals surface area (Å²) in [6, 6.07) is -5.58. The zero-order chi connectivity index (χ0) is 81.3. The van der Waals surface area contributed by atoms with E-state index < -0.39 is 217 Å². The molecule has 0 fully saturated rings. The highest BCUT2D eigenvalue weighted by Gasteiger charge is 2.35. The Hall–Kier alpha value is -12.7. The van der Waals surface area contributed by atoms with Crippen LogP contribution in [0.5, 0.6) is 5.75 Å². The van der Waals surface area contributed by atoms with Gasteiger partial charge in [0, 0.05) is 47.7 Å². The number of carbonyl (C=O) groups is 18. The Bertz CT molecular complexity index is 4140. The highest BCUT2D eigenvalue weighted by Crippen LogP contribution is 2.42. The van der Waals surface area contributed by atoms with Gasteiger partial charge in [0.05, 0.1) is 43.7 Å². The summed E-state index contributed by atoms with van der Waals surface area (Å²) in [5.41, 5.74) is 5.08. The van der Waals surface area contributed by atoms with Crippen molar-refractivity contribution in [2.24, 2.45) is 5.73 Å². The molecule has 1 heterocycles. The highest BCUT2D eigenvalue weighted by atomic mass is 16.4. The van der Waals surface area contributed by atoms with Crippen molar-refractivity contribution < 1.29 is 121 Å². The number of aromatic carboxylic acids is 1. The second kappa shape index (κ2) is 40.5. The van der Waals surface area contributed by atoms with Crippen molar-refractivity contribution in [1.29, 1.82) is 0 Å². The molecule has 22 N–H and O–H groups in total. The third kappa shape index (κ3) is 26.8. The van der Waals surface area contributed by atoms with E-state index >= 15 is 0 Å². The van der Waals surface area contributed by atoms with Gasteiger partial charge >= 0.3 is 17.9 Å². The number of aromatic hydroxyl groups is 1. The summed E-state index contributed by atoms with van der Waals surface area (Å²) in [5.74, 6) is -19.8. The number of carboxylic acid groups (broad SMARTS) is 3. The maximum Gasteiger partial charge on any atom is 0.336 e. The molecule has 0 spiro atoms. The van der Waals surface area contributed by atoms with E-state index in [-0.39, 0.29) is 65.2 Å². The number of rotatable bonds is 40. The Morgan fingerprint density at radius 1 is 0.454 bits per heavy atom. The van der Waals surface area contributed by atoms with Crippen molar-refractivity contribution in [2.75, 3.05) is 19.6 Å². The first kappa shape index (κ1) is 87.7. The first-order chi connectivity index (χ1) is 50.5. The molecular weight excluding hydrogens is 1430 g/mol. The summed E-state index contributed by atoms with van der Waals surface area (Å²) in [5, 5.41) is 91.3. The molecule has 0 aromatic heterocycles. The molecule has 13 atom stereocenters. The number of unbranched alkanes of at least 4 members (excludes halogenated alkanes) is 1. The van der Waals surface area contributed by atoms with E-state index in [2.05, 4.69) is 69.1 Å². The molecule has 0 saturated carbocycles. The molecule has 0 saturated heterocycles. The average Bonchev–Trinajstić information content (AvgIpc) is 0.746. The van der Waals surface area contributed by atoms with Gasteiger partial charge in [-0.1, -0.05) is 0 Å². The second-order valence-corrected chi connectivity index (χ2v) is 25.0. The molecule has 0 bridgehead atoms. The molecule has 41 heteroatoms. The van der Waals surface area contributed by atoms with E-state index in [9.17, 15) is 117 Å². The van der Waals surface area contributed by atoms with Gasteiger partial charge in [-0.05, 0) is 123 Å². The number of carboxylic acids is 3. The molecule has 2 aliphatic rings. The smallest absolute Gasteiger partial charge is 0.336 e. The molecule has 2 aromatic carbocycles. The number of amides is 15. The summed E-state index contributed by atoms with van der Waals surface area (Å²) in [6.45, 7) is 8.53. The number of benzene rings is 3. The molecule has 15 amide bonds. The predicted octanol–water partition coefficient (Wildman–Crippen LogP) is -6.23. The van der Waals surface area contributed by atoms with E-state index in [4.69, 9.17) is 15.3 Å². The lowest BCUT2D eigenvalue weighted by molar-refractivity contribution is -0.141. The summed E-state index contributed by atoms with van der Waals surface area (Å²) in [4.78, 5) is 243. The largest absolute Gasteiger partial charge is 0.508 e. The zero-order valence-corrected chi connectivity index (χ0v) is 59.8. The Morgan fingerprint density at radius 2 is 0.898 bits per heavy atom. The SMILES string of the molecule is CC(=O)N[C@@H](C(=O)NCC(=O)N[C@H](CC(=O)O)C(=O)N[C@H](C)C(=O)N[C@H](C)C(=O)N[C@H](C)C(=O)N[C@H](CCCCNC(=O)c1ccc(C(=O)O)c(-c2c3ccc(=O)cc-3oc3cc(O)ccc23)c1)C(=O)N[C@H](C)C(=O)N[C@H](C)C(=O)N[C@H](C)C(=O)N[C@@H](C(=O)NCC(=O)N[C@H](CC(=O)O)C(N)=O)[C@H](C)O)[C@H](C)O. The lowest BCUT2D eigenvalue weighted by Crippen LogP contribution is -2.59. The third-order valence-electron chi connectivity index (χ3n) is 15.9. The van der Waals surface area contributed by atoms with E-state index in [1.807, 2.05) is 5.32 Å². The van der Waals surface area contributed by atoms with Gasteiger partial charge in [0.15, 0.2) is 5.43 Å². The number of nitrogens with one attached hydrogen (secondary N) is 14. The lowest BCUT2D eigenvalue weighted by atomic mass is 9.89. The van der Waals surface area contributed by atoms with Crippen LogP contribution in [0.2, 0.25) is 0 Å². The number of phenols is 1. The molecule has 1 aliphatic carbocycles. The van der Waals surface area contributed by atoms with E-state index in [0.717, 1.165) is 27.7 Å². The van der Waals surface area contributed by atoms with Crippen molar-refractivity contribution in [2.45, 2.75) is 173 Å². The first-order valence-electron chi connectivity index (χ1n) is 33.3. The quantitative estimate of drug-likeness (QED) is 0.0146. The number of aliphatic hydroxyl groups excluding tert-OH is 2. The Balaban J connectivity index is 1.47. The Morgan fingerprint density at radius 3 is 1.36 bits per heavy atom. The monoisotopic (exact) mass is 1520 g/mol.